The lowest BCUT2D eigenvalue weighted by atomic mass is 9.85. The van der Waals surface area contributed by atoms with Crippen molar-refractivity contribution < 1.29 is 58.2 Å². The topological polar surface area (TPSA) is 175 Å². The zero-order valence-electron chi connectivity index (χ0n) is 21.2. The van der Waals surface area contributed by atoms with Crippen LogP contribution in [0.15, 0.2) is 22.3 Å². The Hall–Kier alpha value is -2.80. The SMILES string of the molecule is CC1=C2C(=O)OC[C@H](C(=O)OC[C@@H]3O[C@@H](O)[C@@H](O)[C@H](OC(=O)[C@H]4COC(=O)C5=C(C)CC[C@@H]54)[C@@H]3O)[C@H]2CC1. The van der Waals surface area contributed by atoms with Gasteiger partial charge in [-0.3, -0.25) is 9.59 Å². The average molecular weight is 537 g/mol. The van der Waals surface area contributed by atoms with Crippen LogP contribution in [0.3, 0.4) is 0 Å². The van der Waals surface area contributed by atoms with Crippen molar-refractivity contribution in [2.75, 3.05) is 19.8 Å². The molecule has 0 aromatic rings. The number of cyclic esters (lactones) is 2. The Labute approximate surface area is 218 Å². The van der Waals surface area contributed by atoms with Gasteiger partial charge in [0.1, 0.15) is 38.1 Å². The first-order valence-corrected chi connectivity index (χ1v) is 12.9. The predicted molar refractivity (Wildman–Crippen MR) is 123 cm³/mol. The summed E-state index contributed by atoms with van der Waals surface area (Å²) in [4.78, 5) is 50.1. The molecular formula is C26H32O12. The molecule has 0 amide bonds. The third-order valence-electron chi connectivity index (χ3n) is 8.43. The Morgan fingerprint density at radius 3 is 1.92 bits per heavy atom. The van der Waals surface area contributed by atoms with Gasteiger partial charge in [-0.15, -0.1) is 0 Å². The largest absolute Gasteiger partial charge is 0.462 e. The molecule has 9 atom stereocenters. The molecule has 208 valence electrons. The van der Waals surface area contributed by atoms with Gasteiger partial charge in [0.25, 0.3) is 0 Å². The fraction of sp³-hybridized carbons (Fsp3) is 0.692. The second-order valence-electron chi connectivity index (χ2n) is 10.7. The van der Waals surface area contributed by atoms with Crippen LogP contribution in [0.5, 0.6) is 0 Å². The summed E-state index contributed by atoms with van der Waals surface area (Å²) < 4.78 is 26.4. The van der Waals surface area contributed by atoms with Crippen LogP contribution in [0.1, 0.15) is 39.5 Å². The molecule has 2 aliphatic carbocycles. The Kier molecular flexibility index (Phi) is 7.33. The van der Waals surface area contributed by atoms with Gasteiger partial charge in [-0.1, -0.05) is 11.1 Å². The summed E-state index contributed by atoms with van der Waals surface area (Å²) in [6.07, 6.45) is -5.59. The first-order chi connectivity index (χ1) is 18.1. The summed E-state index contributed by atoms with van der Waals surface area (Å²) in [7, 11) is 0. The Morgan fingerprint density at radius 2 is 1.37 bits per heavy atom. The van der Waals surface area contributed by atoms with Crippen molar-refractivity contribution >= 4 is 23.9 Å². The van der Waals surface area contributed by atoms with E-state index in [4.69, 9.17) is 23.7 Å². The maximum Gasteiger partial charge on any atom is 0.334 e. The molecule has 38 heavy (non-hydrogen) atoms. The number of carbonyl (C=O) groups excluding carboxylic acids is 4. The molecule has 0 unspecified atom stereocenters. The van der Waals surface area contributed by atoms with Gasteiger partial charge in [0.05, 0.1) is 11.8 Å². The third-order valence-corrected chi connectivity index (χ3v) is 8.43. The van der Waals surface area contributed by atoms with Crippen LogP contribution in [0, 0.1) is 23.7 Å². The summed E-state index contributed by atoms with van der Waals surface area (Å²) >= 11 is 0. The van der Waals surface area contributed by atoms with Crippen molar-refractivity contribution in [3.05, 3.63) is 22.3 Å². The van der Waals surface area contributed by atoms with E-state index in [0.717, 1.165) is 11.1 Å². The predicted octanol–water partition coefficient (Wildman–Crippen LogP) is -0.321. The Bertz CT molecular complexity index is 1090. The van der Waals surface area contributed by atoms with E-state index in [9.17, 15) is 34.5 Å². The molecule has 0 saturated carbocycles. The number of aliphatic hydroxyl groups excluding tert-OH is 3. The van der Waals surface area contributed by atoms with Gasteiger partial charge in [0.2, 0.25) is 0 Å². The molecule has 0 aromatic carbocycles. The summed E-state index contributed by atoms with van der Waals surface area (Å²) in [5.41, 5.74) is 2.69. The fourth-order valence-corrected chi connectivity index (χ4v) is 6.26. The van der Waals surface area contributed by atoms with Gasteiger partial charge in [-0.2, -0.15) is 0 Å². The molecule has 3 aliphatic heterocycles. The Balaban J connectivity index is 1.22. The lowest BCUT2D eigenvalue weighted by Crippen LogP contribution is -2.60. The van der Waals surface area contributed by atoms with E-state index in [-0.39, 0.29) is 25.0 Å². The quantitative estimate of drug-likeness (QED) is 0.309. The van der Waals surface area contributed by atoms with Gasteiger partial charge in [0.15, 0.2) is 12.4 Å². The monoisotopic (exact) mass is 536 g/mol. The standard InChI is InChI=1S/C26H32O12/c1-10-3-5-12-14(7-34-24(31)17(10)12)22(29)36-9-16-19(27)21(20(28)26(33)37-16)38-23(30)15-8-35-25(32)18-11(2)4-6-13(15)18/h12-16,19-21,26-28,33H,3-9H2,1-2H3/t12-,13-,14+,15+,16+,19-,20+,21-,26-/m1/s1. The molecule has 5 aliphatic rings. The highest BCUT2D eigenvalue weighted by atomic mass is 16.7. The minimum Gasteiger partial charge on any atom is -0.462 e. The van der Waals surface area contributed by atoms with Crippen LogP contribution in [0.25, 0.3) is 0 Å². The molecule has 0 spiro atoms. The second-order valence-corrected chi connectivity index (χ2v) is 10.7. The molecule has 12 heteroatoms. The molecule has 3 N–H and O–H groups in total. The first-order valence-electron chi connectivity index (χ1n) is 12.9. The molecular weight excluding hydrogens is 504 g/mol. The molecule has 12 nitrogen and oxygen atoms in total. The number of esters is 4. The lowest BCUT2D eigenvalue weighted by Gasteiger charge is -2.41. The molecule has 3 heterocycles. The van der Waals surface area contributed by atoms with Crippen LogP contribution < -0.4 is 0 Å². The summed E-state index contributed by atoms with van der Waals surface area (Å²) in [6, 6.07) is 0. The van der Waals surface area contributed by atoms with Crippen molar-refractivity contribution in [3.8, 4) is 0 Å². The Morgan fingerprint density at radius 1 is 0.842 bits per heavy atom. The molecule has 0 bridgehead atoms. The van der Waals surface area contributed by atoms with Gasteiger partial charge in [-0.05, 0) is 39.5 Å². The number of hydrogen-bond donors (Lipinski definition) is 3. The van der Waals surface area contributed by atoms with Gasteiger partial charge >= 0.3 is 23.9 Å². The zero-order valence-corrected chi connectivity index (χ0v) is 21.2. The van der Waals surface area contributed by atoms with Crippen LogP contribution in [0.2, 0.25) is 0 Å². The van der Waals surface area contributed by atoms with Crippen LogP contribution in [-0.2, 0) is 42.9 Å². The van der Waals surface area contributed by atoms with E-state index in [1.54, 1.807) is 6.92 Å². The lowest BCUT2D eigenvalue weighted by molar-refractivity contribution is -0.292. The molecule has 3 saturated heterocycles. The van der Waals surface area contributed by atoms with E-state index < -0.39 is 73.0 Å². The summed E-state index contributed by atoms with van der Waals surface area (Å²) in [5.74, 6) is -4.56. The summed E-state index contributed by atoms with van der Waals surface area (Å²) in [6.45, 7) is 2.81. The highest BCUT2D eigenvalue weighted by molar-refractivity contribution is 5.94. The number of ether oxygens (including phenoxy) is 5. The van der Waals surface area contributed by atoms with E-state index in [0.29, 0.717) is 36.8 Å². The number of hydrogen-bond acceptors (Lipinski definition) is 12. The second kappa shape index (κ2) is 10.4. The van der Waals surface area contributed by atoms with E-state index >= 15 is 0 Å². The number of allylic oxidation sites excluding steroid dienone is 2. The maximum absolute atomic E-state index is 13.0. The van der Waals surface area contributed by atoms with E-state index in [1.165, 1.54) is 0 Å². The van der Waals surface area contributed by atoms with E-state index in [2.05, 4.69) is 0 Å². The maximum atomic E-state index is 13.0. The van der Waals surface area contributed by atoms with Crippen LogP contribution in [0.4, 0.5) is 0 Å². The van der Waals surface area contributed by atoms with Crippen molar-refractivity contribution in [3.63, 3.8) is 0 Å². The number of carbonyl (C=O) groups is 4. The molecule has 0 aromatic heterocycles. The molecule has 0 radical (unpaired) electrons. The van der Waals surface area contributed by atoms with Crippen molar-refractivity contribution in [1.82, 2.24) is 0 Å². The first kappa shape index (κ1) is 26.8. The van der Waals surface area contributed by atoms with Crippen molar-refractivity contribution in [2.24, 2.45) is 23.7 Å². The third kappa shape index (κ3) is 4.63. The van der Waals surface area contributed by atoms with Crippen molar-refractivity contribution in [2.45, 2.75) is 70.2 Å². The highest BCUT2D eigenvalue weighted by Crippen LogP contribution is 2.42. The smallest absolute Gasteiger partial charge is 0.334 e. The summed E-state index contributed by atoms with van der Waals surface area (Å²) in [5, 5.41) is 31.5. The minimum absolute atomic E-state index is 0.127. The zero-order chi connectivity index (χ0) is 27.3. The van der Waals surface area contributed by atoms with Gasteiger partial charge in [-0.25, -0.2) is 9.59 Å². The number of aliphatic hydroxyl groups is 3. The van der Waals surface area contributed by atoms with Crippen LogP contribution in [-0.4, -0.2) is 89.7 Å². The minimum atomic E-state index is -1.82. The highest BCUT2D eigenvalue weighted by Gasteiger charge is 2.50. The van der Waals surface area contributed by atoms with Crippen molar-refractivity contribution in [1.29, 1.82) is 0 Å². The average Bonchev–Trinajstić information content (AvgIpc) is 3.47. The van der Waals surface area contributed by atoms with Gasteiger partial charge < -0.3 is 39.0 Å². The number of rotatable bonds is 5. The fourth-order valence-electron chi connectivity index (χ4n) is 6.26. The molecule has 3 fully saturated rings. The normalized spacial score (nSPS) is 38.8. The molecule has 5 rings (SSSR count). The van der Waals surface area contributed by atoms with Crippen LogP contribution >= 0.6 is 0 Å². The van der Waals surface area contributed by atoms with E-state index in [1.807, 2.05) is 6.92 Å². The van der Waals surface area contributed by atoms with Gasteiger partial charge in [0, 0.05) is 23.0 Å². The number of fused-ring (bicyclic) bond motifs is 2.